The molecule has 0 heteroatoms. The Bertz CT molecular complexity index is 1320. The fraction of sp³-hybridized carbons (Fsp3) is 0.0323. The number of fused-ring (bicyclic) bond motifs is 3. The van der Waals surface area contributed by atoms with Crippen LogP contribution >= 0.6 is 0 Å². The average Bonchev–Trinajstić information content (AvgIpc) is 3.22. The molecule has 146 valence electrons. The van der Waals surface area contributed by atoms with Crippen molar-refractivity contribution >= 4 is 0 Å². The first-order chi connectivity index (χ1) is 15.4. The van der Waals surface area contributed by atoms with Crippen molar-refractivity contribution in [3.8, 4) is 44.5 Å². The maximum Gasteiger partial charge on any atom is -0.00134 e. The van der Waals surface area contributed by atoms with Gasteiger partial charge in [0, 0.05) is 0 Å². The molecule has 0 saturated carbocycles. The van der Waals surface area contributed by atoms with Gasteiger partial charge in [0.15, 0.2) is 0 Å². The minimum Gasteiger partial charge on any atom is -0.0622 e. The van der Waals surface area contributed by atoms with Crippen molar-refractivity contribution in [2.24, 2.45) is 0 Å². The Labute approximate surface area is 183 Å². The van der Waals surface area contributed by atoms with Crippen molar-refractivity contribution in [3.05, 3.63) is 132 Å². The fourth-order valence-corrected chi connectivity index (χ4v) is 4.86. The van der Waals surface area contributed by atoms with Crippen LogP contribution in [0.1, 0.15) is 11.1 Å². The Morgan fingerprint density at radius 2 is 0.903 bits per heavy atom. The van der Waals surface area contributed by atoms with Gasteiger partial charge in [-0.05, 0) is 68.1 Å². The van der Waals surface area contributed by atoms with Crippen molar-refractivity contribution in [2.45, 2.75) is 6.42 Å². The van der Waals surface area contributed by atoms with Gasteiger partial charge in [0.25, 0.3) is 0 Å². The van der Waals surface area contributed by atoms with Gasteiger partial charge in [-0.15, -0.1) is 0 Å². The lowest BCUT2D eigenvalue weighted by atomic mass is 9.86. The van der Waals surface area contributed by atoms with Crippen LogP contribution in [0.2, 0.25) is 0 Å². The third-order valence-corrected chi connectivity index (χ3v) is 6.32. The van der Waals surface area contributed by atoms with E-state index in [1.807, 2.05) is 0 Å². The average molecular weight is 395 g/mol. The molecule has 0 radical (unpaired) electrons. The van der Waals surface area contributed by atoms with Gasteiger partial charge in [-0.2, -0.15) is 0 Å². The molecule has 5 aromatic carbocycles. The molecule has 0 atom stereocenters. The molecule has 1 aliphatic carbocycles. The Hall–Kier alpha value is -3.90. The highest BCUT2D eigenvalue weighted by Crippen LogP contribution is 2.44. The molecule has 1 aliphatic rings. The Kier molecular flexibility index (Phi) is 4.28. The van der Waals surface area contributed by atoms with E-state index in [2.05, 4.69) is 121 Å². The van der Waals surface area contributed by atoms with Gasteiger partial charge in [-0.1, -0.05) is 115 Å². The first-order valence-corrected chi connectivity index (χ1v) is 10.8. The van der Waals surface area contributed by atoms with Crippen molar-refractivity contribution in [3.63, 3.8) is 0 Å². The third kappa shape index (κ3) is 3.08. The lowest BCUT2D eigenvalue weighted by Gasteiger charge is -2.17. The molecule has 0 nitrogen and oxygen atoms in total. The highest BCUT2D eigenvalue weighted by Gasteiger charge is 2.20. The van der Waals surface area contributed by atoms with Crippen LogP contribution in [-0.2, 0) is 6.42 Å². The van der Waals surface area contributed by atoms with Crippen molar-refractivity contribution < 1.29 is 0 Å². The molecular formula is C31H22. The van der Waals surface area contributed by atoms with Crippen molar-refractivity contribution in [1.29, 1.82) is 0 Å². The highest BCUT2D eigenvalue weighted by molar-refractivity contribution is 5.96. The van der Waals surface area contributed by atoms with E-state index >= 15 is 0 Å². The van der Waals surface area contributed by atoms with Crippen LogP contribution in [0.25, 0.3) is 44.5 Å². The Morgan fingerprint density at radius 1 is 0.355 bits per heavy atom. The Balaban J connectivity index is 1.62. The summed E-state index contributed by atoms with van der Waals surface area (Å²) in [4.78, 5) is 0. The second-order valence-corrected chi connectivity index (χ2v) is 8.17. The van der Waals surface area contributed by atoms with Crippen LogP contribution in [0.5, 0.6) is 0 Å². The molecule has 0 fully saturated rings. The number of rotatable bonds is 3. The summed E-state index contributed by atoms with van der Waals surface area (Å²) in [6, 6.07) is 43.9. The maximum absolute atomic E-state index is 2.40. The van der Waals surface area contributed by atoms with Gasteiger partial charge < -0.3 is 0 Å². The van der Waals surface area contributed by atoms with E-state index in [9.17, 15) is 0 Å². The fourth-order valence-electron chi connectivity index (χ4n) is 4.86. The molecule has 5 aromatic rings. The summed E-state index contributed by atoms with van der Waals surface area (Å²) in [5.74, 6) is 0. The van der Waals surface area contributed by atoms with Crippen molar-refractivity contribution in [1.82, 2.24) is 0 Å². The van der Waals surface area contributed by atoms with Crippen LogP contribution in [0, 0.1) is 0 Å². The quantitative estimate of drug-likeness (QED) is 0.283. The molecular weight excluding hydrogens is 372 g/mol. The number of hydrogen-bond donors (Lipinski definition) is 0. The van der Waals surface area contributed by atoms with Gasteiger partial charge in [-0.3, -0.25) is 0 Å². The van der Waals surface area contributed by atoms with Crippen LogP contribution < -0.4 is 0 Å². The summed E-state index contributed by atoms with van der Waals surface area (Å²) in [7, 11) is 0. The van der Waals surface area contributed by atoms with E-state index in [4.69, 9.17) is 0 Å². The monoisotopic (exact) mass is 394 g/mol. The molecule has 0 saturated heterocycles. The summed E-state index contributed by atoms with van der Waals surface area (Å²) < 4.78 is 0. The molecule has 0 bridgehead atoms. The molecule has 6 rings (SSSR count). The summed E-state index contributed by atoms with van der Waals surface area (Å²) in [5.41, 5.74) is 13.2. The van der Waals surface area contributed by atoms with Gasteiger partial charge in [0.05, 0.1) is 0 Å². The second-order valence-electron chi connectivity index (χ2n) is 8.17. The van der Waals surface area contributed by atoms with Crippen LogP contribution in [-0.4, -0.2) is 0 Å². The van der Waals surface area contributed by atoms with E-state index in [-0.39, 0.29) is 0 Å². The van der Waals surface area contributed by atoms with E-state index in [0.717, 1.165) is 6.42 Å². The summed E-state index contributed by atoms with van der Waals surface area (Å²) in [6.45, 7) is 0. The summed E-state index contributed by atoms with van der Waals surface area (Å²) in [5, 5.41) is 0. The SMILES string of the molecule is c1ccc(-c2cccc(-c3ccccc3)c2-c2ccc3c(c2)-c2ccccc2C3)cc1. The van der Waals surface area contributed by atoms with Crippen LogP contribution in [0.3, 0.4) is 0 Å². The normalized spacial score (nSPS) is 11.7. The smallest absolute Gasteiger partial charge is 0.00134 e. The third-order valence-electron chi connectivity index (χ3n) is 6.32. The van der Waals surface area contributed by atoms with Gasteiger partial charge in [0.1, 0.15) is 0 Å². The predicted molar refractivity (Wildman–Crippen MR) is 131 cm³/mol. The molecule has 0 aliphatic heterocycles. The van der Waals surface area contributed by atoms with E-state index in [1.165, 1.54) is 55.6 Å². The van der Waals surface area contributed by atoms with Gasteiger partial charge >= 0.3 is 0 Å². The molecule has 0 N–H and O–H groups in total. The largest absolute Gasteiger partial charge is 0.0622 e. The molecule has 0 aromatic heterocycles. The molecule has 0 heterocycles. The maximum atomic E-state index is 2.40. The number of benzene rings is 5. The summed E-state index contributed by atoms with van der Waals surface area (Å²) in [6.07, 6.45) is 1.03. The minimum atomic E-state index is 1.03. The van der Waals surface area contributed by atoms with E-state index in [0.29, 0.717) is 0 Å². The van der Waals surface area contributed by atoms with Crippen molar-refractivity contribution in [2.75, 3.05) is 0 Å². The zero-order valence-electron chi connectivity index (χ0n) is 17.3. The van der Waals surface area contributed by atoms with Gasteiger partial charge in [-0.25, -0.2) is 0 Å². The second kappa shape index (κ2) is 7.41. The topological polar surface area (TPSA) is 0 Å². The minimum absolute atomic E-state index is 1.03. The molecule has 0 amide bonds. The standard InChI is InChI=1S/C31H22/c1-3-10-22(11-4-1)28-16-9-17-29(23-12-5-2-6-13-23)31(28)26-19-18-25-20-24-14-7-8-15-27(24)30(25)21-26/h1-19,21H,20H2. The van der Waals surface area contributed by atoms with Gasteiger partial charge in [0.2, 0.25) is 0 Å². The lowest BCUT2D eigenvalue weighted by Crippen LogP contribution is -1.91. The first kappa shape index (κ1) is 17.9. The molecule has 0 spiro atoms. The van der Waals surface area contributed by atoms with Crippen LogP contribution in [0.4, 0.5) is 0 Å². The highest BCUT2D eigenvalue weighted by atomic mass is 14.2. The van der Waals surface area contributed by atoms with E-state index < -0.39 is 0 Å². The lowest BCUT2D eigenvalue weighted by molar-refractivity contribution is 1.26. The predicted octanol–water partition coefficient (Wildman–Crippen LogP) is 8.26. The van der Waals surface area contributed by atoms with Crippen LogP contribution in [0.15, 0.2) is 121 Å². The first-order valence-electron chi connectivity index (χ1n) is 10.8. The summed E-state index contributed by atoms with van der Waals surface area (Å²) >= 11 is 0. The Morgan fingerprint density at radius 3 is 1.58 bits per heavy atom. The van der Waals surface area contributed by atoms with E-state index in [1.54, 1.807) is 0 Å². The number of hydrogen-bond acceptors (Lipinski definition) is 0. The molecule has 0 unspecified atom stereocenters. The zero-order valence-corrected chi connectivity index (χ0v) is 17.3. The zero-order chi connectivity index (χ0) is 20.6. The molecule has 31 heavy (non-hydrogen) atoms.